The number of hydrogen-bond acceptors (Lipinski definition) is 6. The third-order valence-electron chi connectivity index (χ3n) is 3.97. The van der Waals surface area contributed by atoms with E-state index in [0.717, 1.165) is 5.69 Å². The molecule has 0 unspecified atom stereocenters. The van der Waals surface area contributed by atoms with Crippen molar-refractivity contribution in [1.29, 1.82) is 0 Å². The number of nitrogens with one attached hydrogen (secondary N) is 2. The monoisotopic (exact) mass is 377 g/mol. The molecule has 1 aliphatic heterocycles. The van der Waals surface area contributed by atoms with E-state index in [1.54, 1.807) is 19.1 Å². The average molecular weight is 378 g/mol. The summed E-state index contributed by atoms with van der Waals surface area (Å²) >= 11 is 6.33. The van der Waals surface area contributed by atoms with Crippen LogP contribution in [0.1, 0.15) is 24.6 Å². The molecule has 0 saturated carbocycles. The fourth-order valence-corrected chi connectivity index (χ4v) is 3.05. The summed E-state index contributed by atoms with van der Waals surface area (Å²) in [6.07, 6.45) is 1.51. The van der Waals surface area contributed by atoms with Gasteiger partial charge in [0.1, 0.15) is 0 Å². The van der Waals surface area contributed by atoms with E-state index in [-0.39, 0.29) is 18.4 Å². The molecule has 1 aromatic heterocycles. The lowest BCUT2D eigenvalue weighted by Crippen LogP contribution is -2.47. The highest BCUT2D eigenvalue weighted by atomic mass is 35.5. The molecule has 0 aliphatic carbocycles. The molecule has 1 fully saturated rings. The number of aromatic nitrogens is 2. The lowest BCUT2D eigenvalue weighted by atomic mass is 10.2. The van der Waals surface area contributed by atoms with Gasteiger partial charge >= 0.3 is 0 Å². The highest BCUT2D eigenvalue weighted by Gasteiger charge is 2.18. The highest BCUT2D eigenvalue weighted by molar-refractivity contribution is 6.33. The maximum atomic E-state index is 12.1. The fourth-order valence-electron chi connectivity index (χ4n) is 2.75. The number of piperazine rings is 1. The quantitative estimate of drug-likeness (QED) is 0.797. The minimum absolute atomic E-state index is 0.0267. The standard InChI is InChI=1S/C17H20ClN5O3/c1-11-20-17(26-22-11)4-2-3-15(24)21-12-5-6-14(13(18)9-12)23-8-7-19-16(25)10-23/h5-6,9H,2-4,7-8,10H2,1H3,(H,19,25)(H,21,24). The number of anilines is 2. The molecule has 2 heterocycles. The molecule has 3 rings (SSSR count). The van der Waals surface area contributed by atoms with Crippen molar-refractivity contribution in [3.05, 3.63) is 34.9 Å². The molecule has 1 aliphatic rings. The van der Waals surface area contributed by atoms with Crippen molar-refractivity contribution in [1.82, 2.24) is 15.5 Å². The van der Waals surface area contributed by atoms with E-state index >= 15 is 0 Å². The molecular weight excluding hydrogens is 358 g/mol. The SMILES string of the molecule is Cc1noc(CCCC(=O)Nc2ccc(N3CCNC(=O)C3)c(Cl)c2)n1. The molecule has 1 aromatic carbocycles. The third-order valence-corrected chi connectivity index (χ3v) is 4.28. The van der Waals surface area contributed by atoms with Crippen molar-refractivity contribution in [3.8, 4) is 0 Å². The van der Waals surface area contributed by atoms with Gasteiger partial charge in [-0.1, -0.05) is 16.8 Å². The molecule has 0 spiro atoms. The normalized spacial score (nSPS) is 14.2. The van der Waals surface area contributed by atoms with Gasteiger partial charge in [0.2, 0.25) is 17.7 Å². The van der Waals surface area contributed by atoms with Gasteiger partial charge in [-0.15, -0.1) is 0 Å². The Morgan fingerprint density at radius 3 is 3.00 bits per heavy atom. The van der Waals surface area contributed by atoms with Crippen LogP contribution < -0.4 is 15.5 Å². The van der Waals surface area contributed by atoms with Crippen LogP contribution in [-0.4, -0.2) is 41.6 Å². The first kappa shape index (κ1) is 18.2. The molecule has 0 radical (unpaired) electrons. The molecule has 2 amide bonds. The Balaban J connectivity index is 1.52. The van der Waals surface area contributed by atoms with Crippen molar-refractivity contribution in [2.75, 3.05) is 29.9 Å². The predicted octanol–water partition coefficient (Wildman–Crippen LogP) is 1.93. The van der Waals surface area contributed by atoms with Gasteiger partial charge in [0, 0.05) is 31.6 Å². The number of aryl methyl sites for hydroxylation is 2. The molecule has 2 N–H and O–H groups in total. The van der Waals surface area contributed by atoms with Crippen molar-refractivity contribution >= 4 is 34.8 Å². The molecule has 8 nitrogen and oxygen atoms in total. The van der Waals surface area contributed by atoms with Gasteiger partial charge in [0.15, 0.2) is 5.82 Å². The predicted molar refractivity (Wildman–Crippen MR) is 97.3 cm³/mol. The van der Waals surface area contributed by atoms with Gasteiger partial charge in [-0.05, 0) is 31.5 Å². The van der Waals surface area contributed by atoms with E-state index < -0.39 is 0 Å². The second kappa shape index (κ2) is 8.18. The molecule has 26 heavy (non-hydrogen) atoms. The van der Waals surface area contributed by atoms with Gasteiger partial charge in [0.05, 0.1) is 17.3 Å². The van der Waals surface area contributed by atoms with Crippen LogP contribution in [0.4, 0.5) is 11.4 Å². The maximum Gasteiger partial charge on any atom is 0.239 e. The number of hydrogen-bond donors (Lipinski definition) is 2. The Morgan fingerprint density at radius 1 is 1.46 bits per heavy atom. The second-order valence-electron chi connectivity index (χ2n) is 6.07. The molecule has 0 atom stereocenters. The molecule has 9 heteroatoms. The Morgan fingerprint density at radius 2 is 2.31 bits per heavy atom. The summed E-state index contributed by atoms with van der Waals surface area (Å²) in [5, 5.41) is 9.81. The Hall–Kier alpha value is -2.61. The fraction of sp³-hybridized carbons (Fsp3) is 0.412. The summed E-state index contributed by atoms with van der Waals surface area (Å²) < 4.78 is 5.02. The summed E-state index contributed by atoms with van der Waals surface area (Å²) in [5.41, 5.74) is 1.41. The first-order valence-electron chi connectivity index (χ1n) is 8.41. The summed E-state index contributed by atoms with van der Waals surface area (Å²) in [7, 11) is 0. The average Bonchev–Trinajstić information content (AvgIpc) is 3.00. The third kappa shape index (κ3) is 4.72. The Bertz CT molecular complexity index is 807. The van der Waals surface area contributed by atoms with E-state index in [0.29, 0.717) is 54.8 Å². The first-order valence-corrected chi connectivity index (χ1v) is 8.79. The lowest BCUT2D eigenvalue weighted by Gasteiger charge is -2.29. The molecule has 1 saturated heterocycles. The van der Waals surface area contributed by atoms with Crippen LogP contribution in [0.15, 0.2) is 22.7 Å². The molecule has 0 bridgehead atoms. The minimum atomic E-state index is -0.109. The van der Waals surface area contributed by atoms with Crippen molar-refractivity contribution in [3.63, 3.8) is 0 Å². The maximum absolute atomic E-state index is 12.1. The Labute approximate surface area is 155 Å². The van der Waals surface area contributed by atoms with E-state index in [4.69, 9.17) is 16.1 Å². The van der Waals surface area contributed by atoms with E-state index in [2.05, 4.69) is 20.8 Å². The summed E-state index contributed by atoms with van der Waals surface area (Å²) in [5.74, 6) is 0.988. The lowest BCUT2D eigenvalue weighted by molar-refractivity contribution is -0.120. The van der Waals surface area contributed by atoms with Gasteiger partial charge in [0.25, 0.3) is 0 Å². The van der Waals surface area contributed by atoms with Crippen LogP contribution in [-0.2, 0) is 16.0 Å². The van der Waals surface area contributed by atoms with E-state index in [1.165, 1.54) is 0 Å². The number of rotatable bonds is 6. The van der Waals surface area contributed by atoms with Crippen LogP contribution >= 0.6 is 11.6 Å². The number of nitrogens with zero attached hydrogens (tertiary/aromatic N) is 3. The van der Waals surface area contributed by atoms with Crippen LogP contribution in [0, 0.1) is 6.92 Å². The van der Waals surface area contributed by atoms with E-state index in [9.17, 15) is 9.59 Å². The topological polar surface area (TPSA) is 100 Å². The van der Waals surface area contributed by atoms with Crippen LogP contribution in [0.25, 0.3) is 0 Å². The van der Waals surface area contributed by atoms with Gasteiger partial charge < -0.3 is 20.1 Å². The zero-order valence-electron chi connectivity index (χ0n) is 14.4. The number of carbonyl (C=O) groups excluding carboxylic acids is 2. The second-order valence-corrected chi connectivity index (χ2v) is 6.48. The first-order chi connectivity index (χ1) is 12.5. The van der Waals surface area contributed by atoms with Crippen molar-refractivity contribution < 1.29 is 14.1 Å². The smallest absolute Gasteiger partial charge is 0.239 e. The molecule has 2 aromatic rings. The minimum Gasteiger partial charge on any atom is -0.359 e. The zero-order valence-corrected chi connectivity index (χ0v) is 15.2. The number of benzene rings is 1. The summed E-state index contributed by atoms with van der Waals surface area (Å²) in [6, 6.07) is 5.30. The zero-order chi connectivity index (χ0) is 18.5. The largest absolute Gasteiger partial charge is 0.359 e. The van der Waals surface area contributed by atoms with Crippen LogP contribution in [0.3, 0.4) is 0 Å². The van der Waals surface area contributed by atoms with Crippen LogP contribution in [0.2, 0.25) is 5.02 Å². The number of amides is 2. The molecule has 138 valence electrons. The van der Waals surface area contributed by atoms with Crippen molar-refractivity contribution in [2.24, 2.45) is 0 Å². The van der Waals surface area contributed by atoms with Crippen LogP contribution in [0.5, 0.6) is 0 Å². The van der Waals surface area contributed by atoms with Gasteiger partial charge in [-0.3, -0.25) is 9.59 Å². The highest BCUT2D eigenvalue weighted by Crippen LogP contribution is 2.29. The Kier molecular flexibility index (Phi) is 5.72. The molecular formula is C17H20ClN5O3. The van der Waals surface area contributed by atoms with E-state index in [1.807, 2.05) is 11.0 Å². The van der Waals surface area contributed by atoms with Gasteiger partial charge in [-0.2, -0.15) is 4.98 Å². The summed E-state index contributed by atoms with van der Waals surface area (Å²) in [6.45, 7) is 3.32. The van der Waals surface area contributed by atoms with Crippen molar-refractivity contribution in [2.45, 2.75) is 26.2 Å². The number of carbonyl (C=O) groups is 2. The van der Waals surface area contributed by atoms with Gasteiger partial charge in [-0.25, -0.2) is 0 Å². The summed E-state index contributed by atoms with van der Waals surface area (Å²) in [4.78, 5) is 29.6. The number of halogens is 1.